The monoisotopic (exact) mass is 408 g/mol. The highest BCUT2D eigenvalue weighted by Gasteiger charge is 2.34. The largest absolute Gasteiger partial charge is 0.451 e. The molecule has 1 saturated heterocycles. The van der Waals surface area contributed by atoms with Crippen molar-refractivity contribution in [2.75, 3.05) is 29.5 Å². The van der Waals surface area contributed by atoms with Gasteiger partial charge in [0, 0.05) is 59.0 Å². The minimum Gasteiger partial charge on any atom is -0.444 e. The first kappa shape index (κ1) is 18.6. The van der Waals surface area contributed by atoms with Crippen LogP contribution in [0.3, 0.4) is 0 Å². The lowest BCUT2D eigenvalue weighted by atomic mass is 10.1. The summed E-state index contributed by atoms with van der Waals surface area (Å²) in [5, 5.41) is 0. The topological polar surface area (TPSA) is 72.1 Å². The van der Waals surface area contributed by atoms with Crippen molar-refractivity contribution in [3.05, 3.63) is 48.7 Å². The van der Waals surface area contributed by atoms with Crippen LogP contribution in [0.15, 0.2) is 47.3 Å². The van der Waals surface area contributed by atoms with Crippen LogP contribution in [0.5, 0.6) is 0 Å². The Morgan fingerprint density at radius 2 is 1.64 bits per heavy atom. The summed E-state index contributed by atoms with van der Waals surface area (Å²) in [5.74, 6) is 0.277. The summed E-state index contributed by atoms with van der Waals surface area (Å²) < 4.78 is 54.5. The van der Waals surface area contributed by atoms with E-state index < -0.39 is 22.8 Å². The Kier molecular flexibility index (Phi) is 4.88. The third-order valence-corrected chi connectivity index (χ3v) is 5.64. The average molecular weight is 408 g/mol. The normalized spacial score (nSPS) is 15.8. The van der Waals surface area contributed by atoms with Crippen molar-refractivity contribution in [2.45, 2.75) is 6.18 Å². The van der Waals surface area contributed by atoms with Gasteiger partial charge in [0.1, 0.15) is 12.0 Å². The van der Waals surface area contributed by atoms with Crippen LogP contribution in [0.4, 0.5) is 18.9 Å². The molecule has 10 heteroatoms. The summed E-state index contributed by atoms with van der Waals surface area (Å²) >= 11 is 0. The van der Waals surface area contributed by atoms with E-state index in [0.29, 0.717) is 17.2 Å². The number of hydrogen-bond donors (Lipinski definition) is 0. The number of alkyl halides is 3. The van der Waals surface area contributed by atoms with E-state index in [1.54, 1.807) is 0 Å². The van der Waals surface area contributed by atoms with E-state index in [0.717, 1.165) is 36.7 Å². The highest BCUT2D eigenvalue weighted by Crippen LogP contribution is 2.29. The number of hydrogen-bond acceptors (Lipinski definition) is 6. The maximum absolute atomic E-state index is 12.6. The molecule has 0 bridgehead atoms. The van der Waals surface area contributed by atoms with Crippen LogP contribution >= 0.6 is 0 Å². The zero-order chi connectivity index (χ0) is 19.7. The van der Waals surface area contributed by atoms with Crippen LogP contribution in [0, 0.1) is 0 Å². The first-order chi connectivity index (χ1) is 13.4. The highest BCUT2D eigenvalue weighted by atomic mass is 32.2. The van der Waals surface area contributed by atoms with Gasteiger partial charge in [-0.25, -0.2) is 15.0 Å². The number of nitrogens with zero attached hydrogens (tertiary/aromatic N) is 4. The summed E-state index contributed by atoms with van der Waals surface area (Å²) in [4.78, 5) is 13.1. The predicted molar refractivity (Wildman–Crippen MR) is 98.1 cm³/mol. The van der Waals surface area contributed by atoms with Crippen molar-refractivity contribution in [2.24, 2.45) is 0 Å². The fourth-order valence-corrected chi connectivity index (χ4v) is 3.92. The molecule has 1 aliphatic rings. The molecule has 0 saturated carbocycles. The van der Waals surface area contributed by atoms with Crippen molar-refractivity contribution in [1.29, 1.82) is 0 Å². The van der Waals surface area contributed by atoms with Gasteiger partial charge in [-0.1, -0.05) is 12.1 Å². The first-order valence-electron chi connectivity index (χ1n) is 8.46. The summed E-state index contributed by atoms with van der Waals surface area (Å²) in [7, 11) is -0.728. The second kappa shape index (κ2) is 7.34. The predicted octanol–water partition coefficient (Wildman–Crippen LogP) is 3.39. The van der Waals surface area contributed by atoms with Gasteiger partial charge < -0.3 is 9.32 Å². The lowest BCUT2D eigenvalue weighted by Gasteiger charge is -2.28. The minimum absolute atomic E-state index is 0.145. The molecule has 1 fully saturated rings. The Morgan fingerprint density at radius 3 is 2.25 bits per heavy atom. The lowest BCUT2D eigenvalue weighted by Crippen LogP contribution is -2.37. The molecule has 0 atom stereocenters. The second-order valence-electron chi connectivity index (χ2n) is 6.21. The molecule has 0 unspecified atom stereocenters. The molecule has 4 rings (SSSR count). The van der Waals surface area contributed by atoms with Crippen molar-refractivity contribution in [3.8, 4) is 22.7 Å². The molecule has 0 spiro atoms. The molecule has 0 radical (unpaired) electrons. The van der Waals surface area contributed by atoms with Gasteiger partial charge in [0.15, 0.2) is 0 Å². The van der Waals surface area contributed by atoms with E-state index >= 15 is 0 Å². The van der Waals surface area contributed by atoms with E-state index in [1.165, 1.54) is 6.26 Å². The smallest absolute Gasteiger partial charge is 0.444 e. The maximum Gasteiger partial charge on any atom is 0.451 e. The SMILES string of the molecule is O=S1CCN(c2ccc(-c3coc(-c4cnc(C(F)(F)F)nc4)n3)cc2)CC1. The fourth-order valence-electron chi connectivity index (χ4n) is 2.86. The molecule has 1 aromatic carbocycles. The molecule has 1 aliphatic heterocycles. The van der Waals surface area contributed by atoms with Gasteiger partial charge >= 0.3 is 6.18 Å². The van der Waals surface area contributed by atoms with Gasteiger partial charge in [-0.2, -0.15) is 13.2 Å². The number of halogens is 3. The van der Waals surface area contributed by atoms with Crippen molar-refractivity contribution >= 4 is 16.5 Å². The molecular weight excluding hydrogens is 393 g/mol. The number of oxazole rings is 1. The van der Waals surface area contributed by atoms with E-state index in [4.69, 9.17) is 4.42 Å². The van der Waals surface area contributed by atoms with Gasteiger partial charge in [0.05, 0.1) is 5.56 Å². The van der Waals surface area contributed by atoms with Crippen LogP contribution in [0.2, 0.25) is 0 Å². The van der Waals surface area contributed by atoms with Gasteiger partial charge in [-0.3, -0.25) is 4.21 Å². The van der Waals surface area contributed by atoms with Crippen LogP contribution in [0.1, 0.15) is 5.82 Å². The lowest BCUT2D eigenvalue weighted by molar-refractivity contribution is -0.145. The zero-order valence-corrected chi connectivity index (χ0v) is 15.3. The Hall–Kier alpha value is -2.75. The third-order valence-electron chi connectivity index (χ3n) is 4.36. The van der Waals surface area contributed by atoms with Crippen LogP contribution in [0.25, 0.3) is 22.7 Å². The van der Waals surface area contributed by atoms with Gasteiger partial charge in [-0.05, 0) is 12.1 Å². The van der Waals surface area contributed by atoms with Crippen molar-refractivity contribution < 1.29 is 21.8 Å². The second-order valence-corrected chi connectivity index (χ2v) is 7.91. The van der Waals surface area contributed by atoms with Crippen molar-refractivity contribution in [3.63, 3.8) is 0 Å². The van der Waals surface area contributed by atoms with Crippen LogP contribution < -0.4 is 4.90 Å². The third kappa shape index (κ3) is 3.91. The Bertz CT molecular complexity index is 977. The Morgan fingerprint density at radius 1 is 1.00 bits per heavy atom. The van der Waals surface area contributed by atoms with Gasteiger partial charge in [0.2, 0.25) is 11.7 Å². The molecular formula is C18H15F3N4O2S. The summed E-state index contributed by atoms with van der Waals surface area (Å²) in [6, 6.07) is 7.70. The Labute approximate surface area is 160 Å². The Balaban J connectivity index is 1.50. The summed E-state index contributed by atoms with van der Waals surface area (Å²) in [6.45, 7) is 1.52. The number of aromatic nitrogens is 3. The zero-order valence-electron chi connectivity index (χ0n) is 14.5. The van der Waals surface area contributed by atoms with Crippen molar-refractivity contribution in [1.82, 2.24) is 15.0 Å². The van der Waals surface area contributed by atoms with Crippen LogP contribution in [-0.4, -0.2) is 43.8 Å². The summed E-state index contributed by atoms with van der Waals surface area (Å²) in [5.41, 5.74) is 2.67. The quantitative estimate of drug-likeness (QED) is 0.662. The maximum atomic E-state index is 12.6. The van der Waals surface area contributed by atoms with Gasteiger partial charge in [0.25, 0.3) is 0 Å². The molecule has 0 N–H and O–H groups in total. The van der Waals surface area contributed by atoms with E-state index in [-0.39, 0.29) is 11.5 Å². The molecule has 28 heavy (non-hydrogen) atoms. The first-order valence-corrected chi connectivity index (χ1v) is 9.94. The molecule has 6 nitrogen and oxygen atoms in total. The number of benzene rings is 1. The van der Waals surface area contributed by atoms with E-state index in [9.17, 15) is 17.4 Å². The minimum atomic E-state index is -4.59. The van der Waals surface area contributed by atoms with Gasteiger partial charge in [-0.15, -0.1) is 0 Å². The molecule has 0 amide bonds. The molecule has 3 aromatic rings. The van der Waals surface area contributed by atoms with Crippen LogP contribution in [-0.2, 0) is 17.0 Å². The molecule has 146 valence electrons. The summed E-state index contributed by atoms with van der Waals surface area (Å²) in [6.07, 6.45) is -1.08. The standard InChI is InChI=1S/C18H15F3N4O2S/c19-18(20,21)17-22-9-13(10-23-17)16-24-15(11-27-16)12-1-3-14(4-2-12)25-5-7-28(26)8-6-25/h1-4,9-11H,5-8H2. The molecule has 0 aliphatic carbocycles. The molecule has 3 heterocycles. The number of rotatable bonds is 3. The molecule has 2 aromatic heterocycles. The highest BCUT2D eigenvalue weighted by molar-refractivity contribution is 7.85. The average Bonchev–Trinajstić information content (AvgIpc) is 3.18. The number of anilines is 1. The van der Waals surface area contributed by atoms with E-state index in [2.05, 4.69) is 19.9 Å². The fraction of sp³-hybridized carbons (Fsp3) is 0.278. The van der Waals surface area contributed by atoms with E-state index in [1.807, 2.05) is 24.3 Å².